The number of carbonyl (C=O) groups is 2. The molecular formula is C62H106NO8P. The van der Waals surface area contributed by atoms with Gasteiger partial charge in [-0.05, 0) is 103 Å². The highest BCUT2D eigenvalue weighted by Crippen LogP contribution is 2.38. The third kappa shape index (κ3) is 56.0. The van der Waals surface area contributed by atoms with Gasteiger partial charge in [-0.2, -0.15) is 0 Å². The molecule has 0 aromatic rings. The van der Waals surface area contributed by atoms with Gasteiger partial charge in [0.2, 0.25) is 0 Å². The molecule has 0 saturated heterocycles. The summed E-state index contributed by atoms with van der Waals surface area (Å²) >= 11 is 0. The van der Waals surface area contributed by atoms with Gasteiger partial charge in [-0.15, -0.1) is 0 Å². The number of likely N-dealkylation sites (N-methyl/N-ethyl adjacent to an activating group) is 1. The van der Waals surface area contributed by atoms with Crippen LogP contribution in [-0.4, -0.2) is 70.0 Å². The molecule has 9 nitrogen and oxygen atoms in total. The van der Waals surface area contributed by atoms with Gasteiger partial charge >= 0.3 is 11.9 Å². The third-order valence-corrected chi connectivity index (χ3v) is 12.7. The fourth-order valence-corrected chi connectivity index (χ4v) is 8.10. The molecule has 0 amide bonds. The summed E-state index contributed by atoms with van der Waals surface area (Å²) in [6.45, 7) is 4.07. The number of allylic oxidation sites excluding steroid dienone is 18. The highest BCUT2D eigenvalue weighted by molar-refractivity contribution is 7.45. The summed E-state index contributed by atoms with van der Waals surface area (Å²) in [6, 6.07) is 0. The van der Waals surface area contributed by atoms with Gasteiger partial charge in [0.1, 0.15) is 19.8 Å². The first-order chi connectivity index (χ1) is 35.0. The molecule has 0 fully saturated rings. The zero-order valence-corrected chi connectivity index (χ0v) is 47.5. The monoisotopic (exact) mass is 1020 g/mol. The van der Waals surface area contributed by atoms with Gasteiger partial charge in [0.15, 0.2) is 6.10 Å². The summed E-state index contributed by atoms with van der Waals surface area (Å²) in [4.78, 5) is 37.8. The average molecular weight is 1020 g/mol. The molecular weight excluding hydrogens is 918 g/mol. The topological polar surface area (TPSA) is 111 Å². The molecule has 10 heteroatoms. The molecule has 0 radical (unpaired) electrons. The fourth-order valence-electron chi connectivity index (χ4n) is 7.37. The minimum atomic E-state index is -4.66. The van der Waals surface area contributed by atoms with Crippen LogP contribution in [0.4, 0.5) is 0 Å². The van der Waals surface area contributed by atoms with Gasteiger partial charge in [0, 0.05) is 12.8 Å². The summed E-state index contributed by atoms with van der Waals surface area (Å²) in [6.07, 6.45) is 72.8. The molecule has 0 rings (SSSR count). The lowest BCUT2D eigenvalue weighted by atomic mass is 10.1. The van der Waals surface area contributed by atoms with Crippen LogP contribution in [0.15, 0.2) is 109 Å². The van der Waals surface area contributed by atoms with Crippen LogP contribution >= 0.6 is 7.82 Å². The molecule has 2 atom stereocenters. The van der Waals surface area contributed by atoms with Crippen molar-refractivity contribution in [2.75, 3.05) is 47.5 Å². The van der Waals surface area contributed by atoms with Crippen LogP contribution in [0.1, 0.15) is 219 Å². The van der Waals surface area contributed by atoms with E-state index in [1.54, 1.807) is 0 Å². The van der Waals surface area contributed by atoms with Crippen LogP contribution in [0, 0.1) is 0 Å². The van der Waals surface area contributed by atoms with Crippen LogP contribution in [0.2, 0.25) is 0 Å². The van der Waals surface area contributed by atoms with E-state index in [1.165, 1.54) is 96.3 Å². The summed E-state index contributed by atoms with van der Waals surface area (Å²) in [5, 5.41) is 0. The van der Waals surface area contributed by atoms with Gasteiger partial charge in [-0.3, -0.25) is 14.2 Å². The summed E-state index contributed by atoms with van der Waals surface area (Å²) in [5.74, 6) is -0.892. The molecule has 0 aromatic carbocycles. The van der Waals surface area contributed by atoms with Crippen molar-refractivity contribution in [2.45, 2.75) is 225 Å². The van der Waals surface area contributed by atoms with E-state index in [9.17, 15) is 19.0 Å². The Balaban J connectivity index is 4.32. The predicted octanol–water partition coefficient (Wildman–Crippen LogP) is 17.2. The van der Waals surface area contributed by atoms with Crippen molar-refractivity contribution in [3.05, 3.63) is 109 Å². The molecule has 0 bridgehead atoms. The smallest absolute Gasteiger partial charge is 0.306 e. The van der Waals surface area contributed by atoms with E-state index >= 15 is 0 Å². The molecule has 2 unspecified atom stereocenters. The molecule has 0 aliphatic carbocycles. The zero-order valence-electron chi connectivity index (χ0n) is 46.6. The number of quaternary nitrogens is 1. The van der Waals surface area contributed by atoms with Crippen molar-refractivity contribution >= 4 is 19.8 Å². The first kappa shape index (κ1) is 68.7. The van der Waals surface area contributed by atoms with E-state index < -0.39 is 32.5 Å². The van der Waals surface area contributed by atoms with Crippen molar-refractivity contribution in [1.82, 2.24) is 0 Å². The number of hydrogen-bond donors (Lipinski definition) is 0. The van der Waals surface area contributed by atoms with E-state index in [0.717, 1.165) is 89.9 Å². The van der Waals surface area contributed by atoms with Crippen LogP contribution < -0.4 is 4.89 Å². The van der Waals surface area contributed by atoms with Crippen molar-refractivity contribution in [3.63, 3.8) is 0 Å². The Morgan fingerprint density at radius 3 is 1.22 bits per heavy atom. The number of carbonyl (C=O) groups excluding carboxylic acids is 2. The zero-order chi connectivity index (χ0) is 52.7. The lowest BCUT2D eigenvalue weighted by Crippen LogP contribution is -2.37. The van der Waals surface area contributed by atoms with Crippen molar-refractivity contribution in [2.24, 2.45) is 0 Å². The maximum absolute atomic E-state index is 12.8. The van der Waals surface area contributed by atoms with Crippen LogP contribution in [0.25, 0.3) is 0 Å². The molecule has 0 aliphatic rings. The number of rotatable bonds is 51. The molecule has 0 aliphatic heterocycles. The fraction of sp³-hybridized carbons (Fsp3) is 0.677. The van der Waals surface area contributed by atoms with E-state index in [0.29, 0.717) is 17.4 Å². The van der Waals surface area contributed by atoms with Crippen LogP contribution in [0.3, 0.4) is 0 Å². The number of hydrogen-bond acceptors (Lipinski definition) is 8. The maximum atomic E-state index is 12.8. The maximum Gasteiger partial charge on any atom is 0.306 e. The average Bonchev–Trinajstić information content (AvgIpc) is 3.34. The van der Waals surface area contributed by atoms with Crippen molar-refractivity contribution in [3.8, 4) is 0 Å². The highest BCUT2D eigenvalue weighted by Gasteiger charge is 2.21. The Kier molecular flexibility index (Phi) is 50.1. The van der Waals surface area contributed by atoms with Crippen LogP contribution in [-0.2, 0) is 32.7 Å². The largest absolute Gasteiger partial charge is 0.756 e. The highest BCUT2D eigenvalue weighted by atomic mass is 31.2. The van der Waals surface area contributed by atoms with Crippen molar-refractivity contribution in [1.29, 1.82) is 0 Å². The SMILES string of the molecule is CC/C=C\C/C=C\C/C=C\C/C=C\C/C=C\C/C=C\C/C=C\C/C=C\CCCCC(=O)OC(COC(=O)CCCCCCCCCCC/C=C\CCCCCCCCCC)COP(=O)([O-])OCC[N+](C)(C)C. The molecule has 412 valence electrons. The molecule has 0 aromatic heterocycles. The Morgan fingerprint density at radius 2 is 0.792 bits per heavy atom. The first-order valence-electron chi connectivity index (χ1n) is 28.6. The van der Waals surface area contributed by atoms with Gasteiger partial charge in [-0.1, -0.05) is 213 Å². The minimum absolute atomic E-state index is 0.0455. The van der Waals surface area contributed by atoms with Crippen LogP contribution in [0.5, 0.6) is 0 Å². The van der Waals surface area contributed by atoms with Gasteiger partial charge in [0.25, 0.3) is 7.82 Å². The molecule has 0 saturated carbocycles. The second kappa shape index (κ2) is 52.5. The lowest BCUT2D eigenvalue weighted by molar-refractivity contribution is -0.870. The quantitative estimate of drug-likeness (QED) is 0.0195. The predicted molar refractivity (Wildman–Crippen MR) is 305 cm³/mol. The minimum Gasteiger partial charge on any atom is -0.756 e. The Labute approximate surface area is 442 Å². The first-order valence-corrected chi connectivity index (χ1v) is 30.1. The Hall–Kier alpha value is -3.33. The van der Waals surface area contributed by atoms with E-state index in [4.69, 9.17) is 18.5 Å². The van der Waals surface area contributed by atoms with Crippen molar-refractivity contribution < 1.29 is 42.1 Å². The number of unbranched alkanes of at least 4 members (excludes halogenated alkanes) is 19. The van der Waals surface area contributed by atoms with Gasteiger partial charge < -0.3 is 27.9 Å². The standard InChI is InChI=1S/C62H106NO8P/c1-6-8-10-12-14-16-18-20-22-24-26-28-29-30-31-32-33-35-37-39-41-43-45-47-49-51-53-55-62(65)71-60(59-70-72(66,67)69-57-56-63(3,4)5)58-68-61(64)54-52-50-48-46-44-42-40-38-36-34-27-25-23-21-19-17-15-13-11-9-7-2/h8,10,14,16,20,22,25-28,30-31,33,35,39,41,45,47,60H,6-7,9,11-13,15,17-19,21,23-24,29,32,34,36-38,40,42-44,46,48-59H2,1-5H3/b10-8-,16-14-,22-20-,27-25-,28-26-,31-30-,35-33-,41-39-,47-45-. The molecule has 0 spiro atoms. The van der Waals surface area contributed by atoms with Gasteiger partial charge in [-0.25, -0.2) is 0 Å². The molecule has 0 heterocycles. The summed E-state index contributed by atoms with van der Waals surface area (Å²) < 4.78 is 34.1. The number of nitrogens with zero attached hydrogens (tertiary/aromatic N) is 1. The number of ether oxygens (including phenoxy) is 2. The molecule has 72 heavy (non-hydrogen) atoms. The van der Waals surface area contributed by atoms with Gasteiger partial charge in [0.05, 0.1) is 27.7 Å². The summed E-state index contributed by atoms with van der Waals surface area (Å²) in [7, 11) is 1.12. The second-order valence-electron chi connectivity index (χ2n) is 19.9. The lowest BCUT2D eigenvalue weighted by Gasteiger charge is -2.28. The Bertz CT molecular complexity index is 1580. The summed E-state index contributed by atoms with van der Waals surface area (Å²) in [5.41, 5.74) is 0. The normalized spacial score (nSPS) is 14.1. The third-order valence-electron chi connectivity index (χ3n) is 11.8. The number of phosphoric acid groups is 1. The second-order valence-corrected chi connectivity index (χ2v) is 21.3. The number of phosphoric ester groups is 1. The van der Waals surface area contributed by atoms with E-state index in [-0.39, 0.29) is 26.1 Å². The number of esters is 2. The van der Waals surface area contributed by atoms with E-state index in [1.807, 2.05) is 21.1 Å². The molecule has 0 N–H and O–H groups in total. The Morgan fingerprint density at radius 1 is 0.444 bits per heavy atom. The van der Waals surface area contributed by atoms with E-state index in [2.05, 4.69) is 123 Å².